The molecule has 1 aromatic carbocycles. The Kier molecular flexibility index (Phi) is 4.11. The normalized spacial score (nSPS) is 13.6. The molecule has 0 bridgehead atoms. The lowest BCUT2D eigenvalue weighted by molar-refractivity contribution is 0.151. The molecule has 4 nitrogen and oxygen atoms in total. The fraction of sp³-hybridized carbons (Fsp3) is 0.312. The van der Waals surface area contributed by atoms with Crippen LogP contribution < -0.4 is 10.5 Å². The van der Waals surface area contributed by atoms with Gasteiger partial charge in [-0.25, -0.2) is 0 Å². The zero-order chi connectivity index (χ0) is 14.7. The maximum atomic E-state index is 8.97. The monoisotopic (exact) mass is 270 g/mol. The van der Waals surface area contributed by atoms with E-state index in [1.54, 1.807) is 12.1 Å². The molecule has 2 rings (SSSR count). The lowest BCUT2D eigenvalue weighted by Gasteiger charge is -2.21. The summed E-state index contributed by atoms with van der Waals surface area (Å²) in [6.45, 7) is 5.68. The fourth-order valence-corrected chi connectivity index (χ4v) is 1.96. The first-order valence-electron chi connectivity index (χ1n) is 6.50. The molecule has 0 radical (unpaired) electrons. The van der Waals surface area contributed by atoms with Crippen LogP contribution in [0.25, 0.3) is 0 Å². The van der Waals surface area contributed by atoms with Crippen LogP contribution >= 0.6 is 0 Å². The van der Waals surface area contributed by atoms with Gasteiger partial charge >= 0.3 is 0 Å². The van der Waals surface area contributed by atoms with Gasteiger partial charge in [0.05, 0.1) is 11.6 Å². The van der Waals surface area contributed by atoms with Crippen molar-refractivity contribution < 1.29 is 9.15 Å². The summed E-state index contributed by atoms with van der Waals surface area (Å²) < 4.78 is 11.6. The number of ether oxygens (including phenoxy) is 1. The van der Waals surface area contributed by atoms with Crippen LogP contribution in [0.5, 0.6) is 5.75 Å². The van der Waals surface area contributed by atoms with Gasteiger partial charge in [0.2, 0.25) is 0 Å². The van der Waals surface area contributed by atoms with Crippen molar-refractivity contribution in [3.63, 3.8) is 0 Å². The third-order valence-electron chi connectivity index (χ3n) is 3.09. The standard InChI is InChI=1S/C16H18N2O2/c1-10-4-6-13(9-17)8-15(10)20-16(12(3)18)14-7-5-11(2)19-14/h4-8,12,16H,18H2,1-3H3. The minimum Gasteiger partial charge on any atom is -0.481 e. The number of nitriles is 1. The van der Waals surface area contributed by atoms with Crippen molar-refractivity contribution in [3.05, 3.63) is 53.0 Å². The van der Waals surface area contributed by atoms with Crippen LogP contribution in [0.15, 0.2) is 34.7 Å². The number of benzene rings is 1. The second-order valence-electron chi connectivity index (χ2n) is 4.94. The Morgan fingerprint density at radius 1 is 1.25 bits per heavy atom. The Labute approximate surface area is 118 Å². The van der Waals surface area contributed by atoms with E-state index in [0.717, 1.165) is 11.3 Å². The summed E-state index contributed by atoms with van der Waals surface area (Å²) in [5.74, 6) is 2.16. The quantitative estimate of drug-likeness (QED) is 0.925. The van der Waals surface area contributed by atoms with Crippen molar-refractivity contribution in [3.8, 4) is 11.8 Å². The number of furan rings is 1. The van der Waals surface area contributed by atoms with Gasteiger partial charge in [0, 0.05) is 6.04 Å². The molecule has 2 atom stereocenters. The lowest BCUT2D eigenvalue weighted by atomic mass is 10.1. The number of nitrogens with zero attached hydrogens (tertiary/aromatic N) is 1. The van der Waals surface area contributed by atoms with Crippen LogP contribution in [0.4, 0.5) is 0 Å². The van der Waals surface area contributed by atoms with E-state index in [0.29, 0.717) is 17.1 Å². The van der Waals surface area contributed by atoms with Gasteiger partial charge in [0.25, 0.3) is 0 Å². The Morgan fingerprint density at radius 3 is 2.55 bits per heavy atom. The number of rotatable bonds is 4. The van der Waals surface area contributed by atoms with E-state index in [9.17, 15) is 0 Å². The van der Waals surface area contributed by atoms with Gasteiger partial charge in [-0.3, -0.25) is 0 Å². The van der Waals surface area contributed by atoms with E-state index in [-0.39, 0.29) is 12.1 Å². The molecular weight excluding hydrogens is 252 g/mol. The number of hydrogen-bond acceptors (Lipinski definition) is 4. The average molecular weight is 270 g/mol. The molecule has 2 unspecified atom stereocenters. The Balaban J connectivity index is 2.32. The Bertz CT molecular complexity index is 638. The maximum absolute atomic E-state index is 8.97. The highest BCUT2D eigenvalue weighted by molar-refractivity contribution is 5.42. The first-order valence-corrected chi connectivity index (χ1v) is 6.50. The van der Waals surface area contributed by atoms with Gasteiger partial charge in [-0.2, -0.15) is 5.26 Å². The zero-order valence-corrected chi connectivity index (χ0v) is 11.9. The van der Waals surface area contributed by atoms with Gasteiger partial charge in [-0.05, 0) is 50.6 Å². The van der Waals surface area contributed by atoms with Crippen molar-refractivity contribution in [2.75, 3.05) is 0 Å². The van der Waals surface area contributed by atoms with E-state index in [1.807, 2.05) is 39.0 Å². The van der Waals surface area contributed by atoms with Gasteiger partial charge in [-0.1, -0.05) is 6.07 Å². The van der Waals surface area contributed by atoms with Gasteiger partial charge in [0.1, 0.15) is 17.3 Å². The molecule has 0 amide bonds. The second kappa shape index (κ2) is 5.81. The highest BCUT2D eigenvalue weighted by atomic mass is 16.5. The van der Waals surface area contributed by atoms with E-state index in [1.165, 1.54) is 0 Å². The van der Waals surface area contributed by atoms with Crippen molar-refractivity contribution in [1.29, 1.82) is 5.26 Å². The van der Waals surface area contributed by atoms with Crippen molar-refractivity contribution in [2.45, 2.75) is 32.9 Å². The summed E-state index contributed by atoms with van der Waals surface area (Å²) in [5, 5.41) is 8.97. The first-order chi connectivity index (χ1) is 9.51. The van der Waals surface area contributed by atoms with Gasteiger partial charge in [-0.15, -0.1) is 0 Å². The predicted molar refractivity (Wildman–Crippen MR) is 76.4 cm³/mol. The molecule has 1 heterocycles. The molecule has 0 saturated heterocycles. The second-order valence-corrected chi connectivity index (χ2v) is 4.94. The third-order valence-corrected chi connectivity index (χ3v) is 3.09. The minimum absolute atomic E-state index is 0.231. The third kappa shape index (κ3) is 3.01. The topological polar surface area (TPSA) is 72.2 Å². The first kappa shape index (κ1) is 14.2. The zero-order valence-electron chi connectivity index (χ0n) is 11.9. The van der Waals surface area contributed by atoms with Crippen LogP contribution in [-0.2, 0) is 0 Å². The molecule has 0 aliphatic heterocycles. The van der Waals surface area contributed by atoms with Crippen molar-refractivity contribution in [1.82, 2.24) is 0 Å². The van der Waals surface area contributed by atoms with Crippen LogP contribution in [0, 0.1) is 25.2 Å². The minimum atomic E-state index is -0.378. The summed E-state index contributed by atoms with van der Waals surface area (Å²) >= 11 is 0. The molecule has 20 heavy (non-hydrogen) atoms. The molecule has 4 heteroatoms. The molecule has 0 aliphatic rings. The number of nitrogens with two attached hydrogens (primary N) is 1. The number of aryl methyl sites for hydroxylation is 2. The van der Waals surface area contributed by atoms with Crippen LogP contribution in [0.1, 0.15) is 35.7 Å². The van der Waals surface area contributed by atoms with Crippen LogP contribution in [0.2, 0.25) is 0 Å². The van der Waals surface area contributed by atoms with Gasteiger partial charge < -0.3 is 14.9 Å². The molecule has 1 aromatic heterocycles. The summed E-state index contributed by atoms with van der Waals surface area (Å²) in [5.41, 5.74) is 7.51. The summed E-state index contributed by atoms with van der Waals surface area (Å²) in [7, 11) is 0. The molecule has 0 spiro atoms. The maximum Gasteiger partial charge on any atom is 0.171 e. The van der Waals surface area contributed by atoms with Crippen molar-refractivity contribution >= 4 is 0 Å². The Morgan fingerprint density at radius 2 is 2.00 bits per heavy atom. The molecule has 2 N–H and O–H groups in total. The fourth-order valence-electron chi connectivity index (χ4n) is 1.96. The molecular formula is C16H18N2O2. The summed E-state index contributed by atoms with van der Waals surface area (Å²) in [6, 6.07) is 11.0. The SMILES string of the molecule is Cc1ccc(C(Oc2cc(C#N)ccc2C)C(C)N)o1. The summed E-state index contributed by atoms with van der Waals surface area (Å²) in [6.07, 6.45) is -0.378. The van der Waals surface area contributed by atoms with E-state index < -0.39 is 0 Å². The van der Waals surface area contributed by atoms with Crippen LogP contribution in [0.3, 0.4) is 0 Å². The van der Waals surface area contributed by atoms with Crippen molar-refractivity contribution in [2.24, 2.45) is 5.73 Å². The van der Waals surface area contributed by atoms with E-state index in [4.69, 9.17) is 20.1 Å². The van der Waals surface area contributed by atoms with E-state index >= 15 is 0 Å². The smallest absolute Gasteiger partial charge is 0.171 e. The highest BCUT2D eigenvalue weighted by Crippen LogP contribution is 2.28. The molecule has 0 fully saturated rings. The molecule has 2 aromatic rings. The summed E-state index contributed by atoms with van der Waals surface area (Å²) in [4.78, 5) is 0. The molecule has 0 saturated carbocycles. The highest BCUT2D eigenvalue weighted by Gasteiger charge is 2.22. The largest absolute Gasteiger partial charge is 0.481 e. The van der Waals surface area contributed by atoms with Crippen LogP contribution in [-0.4, -0.2) is 6.04 Å². The lowest BCUT2D eigenvalue weighted by Crippen LogP contribution is -2.29. The average Bonchev–Trinajstić information content (AvgIpc) is 2.83. The molecule has 104 valence electrons. The molecule has 0 aliphatic carbocycles. The predicted octanol–water partition coefficient (Wildman–Crippen LogP) is 3.24. The van der Waals surface area contributed by atoms with E-state index in [2.05, 4.69) is 6.07 Å². The Hall–Kier alpha value is -2.25. The van der Waals surface area contributed by atoms with Gasteiger partial charge in [0.15, 0.2) is 6.10 Å². The number of hydrogen-bond donors (Lipinski definition) is 1.